The molecular formula is C12H19NO2. The Hall–Kier alpha value is -1.51. The number of hydrogen-bond donors (Lipinski definition) is 0. The number of amides is 1. The molecule has 15 heavy (non-hydrogen) atoms. The molecule has 0 aliphatic rings. The lowest BCUT2D eigenvalue weighted by atomic mass is 10.1. The van der Waals surface area contributed by atoms with E-state index in [0.29, 0.717) is 6.42 Å². The van der Waals surface area contributed by atoms with Gasteiger partial charge in [0.2, 0.25) is 5.91 Å². The normalized spacial score (nSPS) is 9.00. The third kappa shape index (κ3) is 4.02. The Morgan fingerprint density at radius 1 is 1.40 bits per heavy atom. The zero-order chi connectivity index (χ0) is 10.6. The number of methoxy groups -OCH3 is 1. The summed E-state index contributed by atoms with van der Waals surface area (Å²) >= 11 is 0. The zero-order valence-electron chi connectivity index (χ0n) is 8.78. The van der Waals surface area contributed by atoms with Crippen molar-refractivity contribution in [2.45, 2.75) is 13.8 Å². The summed E-state index contributed by atoms with van der Waals surface area (Å²) in [7, 11) is 5.12. The smallest absolute Gasteiger partial charge is 0.226 e. The van der Waals surface area contributed by atoms with Gasteiger partial charge in [-0.05, 0) is 17.7 Å². The molecule has 0 saturated heterocycles. The summed E-state index contributed by atoms with van der Waals surface area (Å²) in [5.74, 6) is 0.882. The lowest BCUT2D eigenvalue weighted by molar-refractivity contribution is -0.127. The van der Waals surface area contributed by atoms with Crippen LogP contribution in [0.25, 0.3) is 0 Å². The van der Waals surface area contributed by atoms with E-state index in [-0.39, 0.29) is 13.3 Å². The molecule has 3 heteroatoms. The second-order valence-corrected chi connectivity index (χ2v) is 3.32. The van der Waals surface area contributed by atoms with Crippen molar-refractivity contribution in [3.05, 3.63) is 29.8 Å². The number of rotatable bonds is 3. The molecule has 0 radical (unpaired) electrons. The van der Waals surface area contributed by atoms with Gasteiger partial charge in [0, 0.05) is 14.1 Å². The first-order chi connectivity index (χ1) is 6.63. The molecule has 0 heterocycles. The molecule has 3 nitrogen and oxygen atoms in total. The average molecular weight is 209 g/mol. The number of carbonyl (C=O) groups is 1. The van der Waals surface area contributed by atoms with Crippen LogP contribution in [0.2, 0.25) is 0 Å². The molecule has 0 atom stereocenters. The SMILES string of the molecule is C.COc1cccc(CC(=O)N(C)C)c1. The Balaban J connectivity index is 0.00000196. The van der Waals surface area contributed by atoms with E-state index in [1.54, 1.807) is 26.1 Å². The van der Waals surface area contributed by atoms with E-state index in [1.807, 2.05) is 24.3 Å². The van der Waals surface area contributed by atoms with Crippen LogP contribution in [0.4, 0.5) is 0 Å². The maximum absolute atomic E-state index is 11.4. The van der Waals surface area contributed by atoms with Crippen LogP contribution in [0.3, 0.4) is 0 Å². The second kappa shape index (κ2) is 6.06. The number of carbonyl (C=O) groups excluding carboxylic acids is 1. The van der Waals surface area contributed by atoms with Crippen molar-refractivity contribution < 1.29 is 9.53 Å². The van der Waals surface area contributed by atoms with Crippen LogP contribution in [-0.4, -0.2) is 32.0 Å². The van der Waals surface area contributed by atoms with Gasteiger partial charge in [0.05, 0.1) is 13.5 Å². The van der Waals surface area contributed by atoms with Crippen LogP contribution in [0, 0.1) is 0 Å². The number of nitrogens with zero attached hydrogens (tertiary/aromatic N) is 1. The largest absolute Gasteiger partial charge is 0.497 e. The minimum Gasteiger partial charge on any atom is -0.497 e. The van der Waals surface area contributed by atoms with Crippen molar-refractivity contribution >= 4 is 5.91 Å². The molecule has 1 amide bonds. The molecule has 0 aliphatic carbocycles. The Morgan fingerprint density at radius 2 is 2.07 bits per heavy atom. The molecule has 1 aromatic rings. The van der Waals surface area contributed by atoms with Gasteiger partial charge in [-0.1, -0.05) is 19.6 Å². The molecule has 0 aliphatic heterocycles. The standard InChI is InChI=1S/C11H15NO2.CH4/c1-12(2)11(13)8-9-5-4-6-10(7-9)14-3;/h4-7H,8H2,1-3H3;1H4. The summed E-state index contributed by atoms with van der Waals surface area (Å²) in [5, 5.41) is 0. The second-order valence-electron chi connectivity index (χ2n) is 3.32. The third-order valence-electron chi connectivity index (χ3n) is 1.99. The van der Waals surface area contributed by atoms with Gasteiger partial charge in [0.25, 0.3) is 0 Å². The quantitative estimate of drug-likeness (QED) is 0.761. The van der Waals surface area contributed by atoms with Crippen molar-refractivity contribution in [1.29, 1.82) is 0 Å². The summed E-state index contributed by atoms with van der Waals surface area (Å²) in [4.78, 5) is 13.0. The number of hydrogen-bond acceptors (Lipinski definition) is 2. The van der Waals surface area contributed by atoms with Crippen molar-refractivity contribution in [3.8, 4) is 5.75 Å². The van der Waals surface area contributed by atoms with E-state index in [2.05, 4.69) is 0 Å². The van der Waals surface area contributed by atoms with Gasteiger partial charge in [0.1, 0.15) is 5.75 Å². The zero-order valence-corrected chi connectivity index (χ0v) is 8.78. The van der Waals surface area contributed by atoms with Crippen LogP contribution >= 0.6 is 0 Å². The van der Waals surface area contributed by atoms with Gasteiger partial charge in [-0.25, -0.2) is 0 Å². The van der Waals surface area contributed by atoms with Crippen LogP contribution < -0.4 is 4.74 Å². The van der Waals surface area contributed by atoms with E-state index in [4.69, 9.17) is 4.74 Å². The molecule has 1 rings (SSSR count). The van der Waals surface area contributed by atoms with Crippen LogP contribution in [-0.2, 0) is 11.2 Å². The monoisotopic (exact) mass is 209 g/mol. The topological polar surface area (TPSA) is 29.5 Å². The minimum absolute atomic E-state index is 0. The fraction of sp³-hybridized carbons (Fsp3) is 0.417. The Kier molecular flexibility index (Phi) is 5.45. The summed E-state index contributed by atoms with van der Waals surface area (Å²) in [6, 6.07) is 7.55. The Morgan fingerprint density at radius 3 is 2.60 bits per heavy atom. The van der Waals surface area contributed by atoms with Crippen molar-refractivity contribution in [3.63, 3.8) is 0 Å². The van der Waals surface area contributed by atoms with Crippen molar-refractivity contribution in [2.24, 2.45) is 0 Å². The van der Waals surface area contributed by atoms with Gasteiger partial charge in [0.15, 0.2) is 0 Å². The van der Waals surface area contributed by atoms with Crippen LogP contribution in [0.15, 0.2) is 24.3 Å². The summed E-state index contributed by atoms with van der Waals surface area (Å²) in [6.45, 7) is 0. The molecule has 0 bridgehead atoms. The van der Waals surface area contributed by atoms with Crippen LogP contribution in [0.5, 0.6) is 5.75 Å². The van der Waals surface area contributed by atoms with Gasteiger partial charge < -0.3 is 9.64 Å². The fourth-order valence-corrected chi connectivity index (χ4v) is 1.12. The summed E-state index contributed by atoms with van der Waals surface area (Å²) in [5.41, 5.74) is 0.975. The van der Waals surface area contributed by atoms with E-state index < -0.39 is 0 Å². The molecule has 0 fully saturated rings. The van der Waals surface area contributed by atoms with E-state index in [1.165, 1.54) is 0 Å². The molecular weight excluding hydrogens is 190 g/mol. The first-order valence-electron chi connectivity index (χ1n) is 4.46. The third-order valence-corrected chi connectivity index (χ3v) is 1.99. The molecule has 0 aromatic heterocycles. The van der Waals surface area contributed by atoms with E-state index in [9.17, 15) is 4.79 Å². The Labute approximate surface area is 91.7 Å². The molecule has 0 spiro atoms. The number of benzene rings is 1. The first kappa shape index (κ1) is 13.5. The van der Waals surface area contributed by atoms with Crippen molar-refractivity contribution in [1.82, 2.24) is 4.90 Å². The minimum atomic E-state index is 0. The van der Waals surface area contributed by atoms with Gasteiger partial charge in [-0.3, -0.25) is 4.79 Å². The number of likely N-dealkylation sites (N-methyl/N-ethyl adjacent to an activating group) is 1. The summed E-state index contributed by atoms with van der Waals surface area (Å²) < 4.78 is 5.07. The van der Waals surface area contributed by atoms with E-state index >= 15 is 0 Å². The molecule has 0 saturated carbocycles. The predicted octanol–water partition coefficient (Wildman–Crippen LogP) is 1.96. The van der Waals surface area contributed by atoms with Gasteiger partial charge in [-0.15, -0.1) is 0 Å². The molecule has 0 unspecified atom stereocenters. The lowest BCUT2D eigenvalue weighted by Gasteiger charge is -2.10. The fourth-order valence-electron chi connectivity index (χ4n) is 1.12. The highest BCUT2D eigenvalue weighted by Crippen LogP contribution is 2.13. The molecule has 1 aromatic carbocycles. The maximum atomic E-state index is 11.4. The van der Waals surface area contributed by atoms with Crippen molar-refractivity contribution in [2.75, 3.05) is 21.2 Å². The summed E-state index contributed by atoms with van der Waals surface area (Å²) in [6.07, 6.45) is 0.421. The number of ether oxygens (including phenoxy) is 1. The van der Waals surface area contributed by atoms with E-state index in [0.717, 1.165) is 11.3 Å². The molecule has 0 N–H and O–H groups in total. The highest BCUT2D eigenvalue weighted by molar-refractivity contribution is 5.78. The van der Waals surface area contributed by atoms with Gasteiger partial charge >= 0.3 is 0 Å². The first-order valence-corrected chi connectivity index (χ1v) is 4.46. The average Bonchev–Trinajstić information content (AvgIpc) is 2.18. The lowest BCUT2D eigenvalue weighted by Crippen LogP contribution is -2.23. The van der Waals surface area contributed by atoms with Crippen LogP contribution in [0.1, 0.15) is 13.0 Å². The maximum Gasteiger partial charge on any atom is 0.226 e. The van der Waals surface area contributed by atoms with Gasteiger partial charge in [-0.2, -0.15) is 0 Å². The highest BCUT2D eigenvalue weighted by atomic mass is 16.5. The predicted molar refractivity (Wildman–Crippen MR) is 62.1 cm³/mol. The highest BCUT2D eigenvalue weighted by Gasteiger charge is 2.05. The Bertz CT molecular complexity index is 321. The molecule has 84 valence electrons.